The van der Waals surface area contributed by atoms with Crippen LogP contribution in [0, 0.1) is 18.3 Å². The van der Waals surface area contributed by atoms with E-state index in [0.29, 0.717) is 31.5 Å². The van der Waals surface area contributed by atoms with Gasteiger partial charge in [-0.15, -0.1) is 6.42 Å². The number of nitrogens with zero attached hydrogens (tertiary/aromatic N) is 1. The molecule has 1 aromatic carbocycles. The number of carbonyl (C=O) groups is 2. The number of sulfonamides is 1. The lowest BCUT2D eigenvalue weighted by molar-refractivity contribution is -0.138. The number of carboxylic acid groups (broad SMARTS) is 1. The van der Waals surface area contributed by atoms with Crippen LogP contribution in [0.5, 0.6) is 0 Å². The van der Waals surface area contributed by atoms with E-state index in [0.717, 1.165) is 0 Å². The van der Waals surface area contributed by atoms with Crippen molar-refractivity contribution in [2.24, 2.45) is 5.92 Å². The summed E-state index contributed by atoms with van der Waals surface area (Å²) in [4.78, 5) is 24.9. The molecule has 0 bridgehead atoms. The quantitative estimate of drug-likeness (QED) is 0.731. The maximum atomic E-state index is 12.5. The molecule has 1 heterocycles. The third-order valence-corrected chi connectivity index (χ3v) is 5.56. The van der Waals surface area contributed by atoms with Gasteiger partial charge in [0.15, 0.2) is 0 Å². The van der Waals surface area contributed by atoms with Crippen molar-refractivity contribution in [3.05, 3.63) is 29.8 Å². The molecule has 0 aliphatic carbocycles. The molecule has 1 aliphatic heterocycles. The summed E-state index contributed by atoms with van der Waals surface area (Å²) in [5.41, 5.74) is 0.396. The molecule has 7 nitrogen and oxygen atoms in total. The number of carboxylic acids is 1. The van der Waals surface area contributed by atoms with Crippen molar-refractivity contribution in [2.75, 3.05) is 19.6 Å². The fraction of sp³-hybridized carbons (Fsp3) is 0.412. The van der Waals surface area contributed by atoms with Crippen LogP contribution in [0.15, 0.2) is 29.2 Å². The van der Waals surface area contributed by atoms with Gasteiger partial charge in [0.05, 0.1) is 11.4 Å². The highest BCUT2D eigenvalue weighted by atomic mass is 32.2. The van der Waals surface area contributed by atoms with Gasteiger partial charge in [0.25, 0.3) is 5.91 Å². The second-order valence-corrected chi connectivity index (χ2v) is 7.65. The van der Waals surface area contributed by atoms with Crippen LogP contribution in [0.25, 0.3) is 0 Å². The number of amides is 1. The van der Waals surface area contributed by atoms with Crippen molar-refractivity contribution in [1.29, 1.82) is 0 Å². The number of carbonyl (C=O) groups excluding carboxylic acids is 1. The zero-order valence-corrected chi connectivity index (χ0v) is 14.5. The third-order valence-electron chi connectivity index (χ3n) is 4.14. The summed E-state index contributed by atoms with van der Waals surface area (Å²) in [6.07, 6.45) is 6.47. The minimum Gasteiger partial charge on any atom is -0.481 e. The third kappa shape index (κ3) is 5.05. The molecule has 0 unspecified atom stereocenters. The number of hydrogen-bond acceptors (Lipinski definition) is 4. The summed E-state index contributed by atoms with van der Waals surface area (Å²) in [5.74, 6) is 1.28. The van der Waals surface area contributed by atoms with E-state index >= 15 is 0 Å². The summed E-state index contributed by atoms with van der Waals surface area (Å²) in [5, 5.41) is 8.82. The monoisotopic (exact) mass is 364 g/mol. The van der Waals surface area contributed by atoms with E-state index in [1.54, 1.807) is 4.90 Å². The lowest BCUT2D eigenvalue weighted by atomic mass is 9.93. The maximum absolute atomic E-state index is 12.5. The normalized spacial score (nSPS) is 15.6. The molecule has 0 radical (unpaired) electrons. The molecule has 1 aromatic rings. The highest BCUT2D eigenvalue weighted by Crippen LogP contribution is 2.22. The Morgan fingerprint density at radius 3 is 2.36 bits per heavy atom. The Kier molecular flexibility index (Phi) is 6.17. The van der Waals surface area contributed by atoms with Crippen molar-refractivity contribution < 1.29 is 23.1 Å². The zero-order chi connectivity index (χ0) is 18.4. The van der Waals surface area contributed by atoms with Gasteiger partial charge in [-0.05, 0) is 43.0 Å². The summed E-state index contributed by atoms with van der Waals surface area (Å²) in [7, 11) is -3.68. The smallest absolute Gasteiger partial charge is 0.303 e. The molecular weight excluding hydrogens is 344 g/mol. The van der Waals surface area contributed by atoms with Crippen LogP contribution in [-0.2, 0) is 14.8 Å². The lowest BCUT2D eigenvalue weighted by Gasteiger charge is -2.31. The first-order valence-electron chi connectivity index (χ1n) is 7.87. The molecule has 25 heavy (non-hydrogen) atoms. The zero-order valence-electron chi connectivity index (χ0n) is 13.6. The Labute approximate surface area is 147 Å². The number of terminal acetylenes is 1. The molecule has 1 amide bonds. The van der Waals surface area contributed by atoms with E-state index in [2.05, 4.69) is 10.6 Å². The van der Waals surface area contributed by atoms with Gasteiger partial charge in [0.2, 0.25) is 10.0 Å². The first-order valence-corrected chi connectivity index (χ1v) is 9.36. The van der Waals surface area contributed by atoms with Crippen LogP contribution in [0.3, 0.4) is 0 Å². The van der Waals surface area contributed by atoms with Crippen LogP contribution >= 0.6 is 0 Å². The summed E-state index contributed by atoms with van der Waals surface area (Å²) in [6.45, 7) is 0.898. The van der Waals surface area contributed by atoms with Crippen molar-refractivity contribution in [3.63, 3.8) is 0 Å². The number of aliphatic carboxylic acids is 1. The molecule has 8 heteroatoms. The van der Waals surface area contributed by atoms with Crippen molar-refractivity contribution in [3.8, 4) is 12.3 Å². The molecular formula is C17H20N2O5S. The Morgan fingerprint density at radius 1 is 1.24 bits per heavy atom. The number of nitrogens with one attached hydrogen (secondary N) is 1. The van der Waals surface area contributed by atoms with Gasteiger partial charge in [-0.3, -0.25) is 9.59 Å². The van der Waals surface area contributed by atoms with Crippen LogP contribution in [0.1, 0.15) is 29.6 Å². The number of hydrogen-bond donors (Lipinski definition) is 2. The van der Waals surface area contributed by atoms with Crippen LogP contribution in [0.4, 0.5) is 0 Å². The first kappa shape index (κ1) is 19.0. The molecule has 0 atom stereocenters. The first-order chi connectivity index (χ1) is 11.8. The predicted octanol–water partition coefficient (Wildman–Crippen LogP) is 0.925. The fourth-order valence-electron chi connectivity index (χ4n) is 2.77. The fourth-order valence-corrected chi connectivity index (χ4v) is 3.70. The number of piperidine rings is 1. The molecule has 0 aromatic heterocycles. The molecule has 2 N–H and O–H groups in total. The van der Waals surface area contributed by atoms with E-state index in [4.69, 9.17) is 11.5 Å². The summed E-state index contributed by atoms with van der Waals surface area (Å²) < 4.78 is 26.1. The topological polar surface area (TPSA) is 104 Å². The SMILES string of the molecule is C#CCNS(=O)(=O)c1ccc(C(=O)N2CCC(CC(=O)O)CC2)cc1. The maximum Gasteiger partial charge on any atom is 0.303 e. The van der Waals surface area contributed by atoms with Gasteiger partial charge in [0, 0.05) is 25.1 Å². The average Bonchev–Trinajstić information content (AvgIpc) is 2.60. The molecule has 1 saturated heterocycles. The Balaban J connectivity index is 2.00. The molecule has 0 spiro atoms. The van der Waals surface area contributed by atoms with Crippen LogP contribution < -0.4 is 4.72 Å². The highest BCUT2D eigenvalue weighted by molar-refractivity contribution is 7.89. The molecule has 1 aliphatic rings. The van der Waals surface area contributed by atoms with Crippen molar-refractivity contribution >= 4 is 21.9 Å². The van der Waals surface area contributed by atoms with E-state index in [1.807, 2.05) is 0 Å². The summed E-state index contributed by atoms with van der Waals surface area (Å²) in [6, 6.07) is 5.67. The largest absolute Gasteiger partial charge is 0.481 e. The van der Waals surface area contributed by atoms with Crippen LogP contribution in [0.2, 0.25) is 0 Å². The van der Waals surface area contributed by atoms with Gasteiger partial charge >= 0.3 is 5.97 Å². The second-order valence-electron chi connectivity index (χ2n) is 5.89. The average molecular weight is 364 g/mol. The molecule has 1 fully saturated rings. The van der Waals surface area contributed by atoms with Crippen molar-refractivity contribution in [1.82, 2.24) is 9.62 Å². The van der Waals surface area contributed by atoms with Gasteiger partial charge in [-0.1, -0.05) is 5.92 Å². The second kappa shape index (κ2) is 8.14. The number of benzene rings is 1. The molecule has 2 rings (SSSR count). The Hall–Kier alpha value is -2.37. The minimum atomic E-state index is -3.68. The van der Waals surface area contributed by atoms with Crippen LogP contribution in [-0.4, -0.2) is 49.9 Å². The van der Waals surface area contributed by atoms with Gasteiger partial charge in [0.1, 0.15) is 0 Å². The number of likely N-dealkylation sites (tertiary alicyclic amines) is 1. The van der Waals surface area contributed by atoms with E-state index in [1.165, 1.54) is 24.3 Å². The lowest BCUT2D eigenvalue weighted by Crippen LogP contribution is -2.38. The van der Waals surface area contributed by atoms with E-state index in [9.17, 15) is 18.0 Å². The molecule has 0 saturated carbocycles. The minimum absolute atomic E-state index is 0.0412. The molecule has 134 valence electrons. The van der Waals surface area contributed by atoms with Gasteiger partial charge in [-0.25, -0.2) is 8.42 Å². The Bertz CT molecular complexity index is 772. The van der Waals surface area contributed by atoms with E-state index < -0.39 is 16.0 Å². The summed E-state index contributed by atoms with van der Waals surface area (Å²) >= 11 is 0. The van der Waals surface area contributed by atoms with Gasteiger partial charge in [-0.2, -0.15) is 4.72 Å². The highest BCUT2D eigenvalue weighted by Gasteiger charge is 2.25. The predicted molar refractivity (Wildman–Crippen MR) is 91.3 cm³/mol. The van der Waals surface area contributed by atoms with Gasteiger partial charge < -0.3 is 10.0 Å². The number of rotatable bonds is 6. The Morgan fingerprint density at radius 2 is 1.84 bits per heavy atom. The van der Waals surface area contributed by atoms with E-state index in [-0.39, 0.29) is 29.7 Å². The standard InChI is InChI=1S/C17H20N2O5S/c1-2-9-18-25(23,24)15-5-3-14(4-6-15)17(22)19-10-7-13(8-11-19)12-16(20)21/h1,3-6,13,18H,7-12H2,(H,20,21). The van der Waals surface area contributed by atoms with Crippen molar-refractivity contribution in [2.45, 2.75) is 24.2 Å².